The van der Waals surface area contributed by atoms with Crippen LogP contribution in [0.1, 0.15) is 18.4 Å². The second kappa shape index (κ2) is 7.55. The van der Waals surface area contributed by atoms with Crippen LogP contribution in [0.2, 0.25) is 0 Å². The molecule has 1 atom stereocenters. The van der Waals surface area contributed by atoms with Gasteiger partial charge in [0.05, 0.1) is 11.1 Å². The fraction of sp³-hybridized carbons (Fsp3) is 0.421. The zero-order valence-electron chi connectivity index (χ0n) is 16.3. The van der Waals surface area contributed by atoms with E-state index in [1.54, 1.807) is 0 Å². The molecule has 1 aliphatic heterocycles. The molecule has 30 heavy (non-hydrogen) atoms. The number of thiazole rings is 1. The smallest absolute Gasteiger partial charge is 0.416 e. The van der Waals surface area contributed by atoms with Crippen molar-refractivity contribution in [3.63, 3.8) is 0 Å². The summed E-state index contributed by atoms with van der Waals surface area (Å²) in [5.41, 5.74) is -1.13. The van der Waals surface area contributed by atoms with Gasteiger partial charge in [0.15, 0.2) is 10.8 Å². The van der Waals surface area contributed by atoms with E-state index in [2.05, 4.69) is 20.2 Å². The quantitative estimate of drug-likeness (QED) is 0.652. The molecule has 160 valence electrons. The second-order valence-electron chi connectivity index (χ2n) is 7.45. The van der Waals surface area contributed by atoms with Crippen molar-refractivity contribution < 1.29 is 18.3 Å². The highest BCUT2D eigenvalue weighted by atomic mass is 32.1. The summed E-state index contributed by atoms with van der Waals surface area (Å²) >= 11 is 1.20. The molecule has 2 N–H and O–H groups in total. The maximum Gasteiger partial charge on any atom is 0.416 e. The van der Waals surface area contributed by atoms with E-state index in [0.717, 1.165) is 38.1 Å². The number of phenols is 1. The van der Waals surface area contributed by atoms with Gasteiger partial charge in [-0.15, -0.1) is 0 Å². The number of aromatic nitrogens is 3. The standard InChI is InChI=1S/C19H20F3N5O2S/c1-26-7-3-4-11(9-26)23-18-25-15-14(30-18)17(29)27(2)16(24-15)12-6-5-10(8-13(12)28)19(20,21)22/h5-6,8,11,28H,3-4,7,9H2,1-2H3,(H,23,25)/t11-/m1/s1. The minimum Gasteiger partial charge on any atom is -0.507 e. The average molecular weight is 439 g/mol. The van der Waals surface area contributed by atoms with Crippen LogP contribution in [0.5, 0.6) is 5.75 Å². The van der Waals surface area contributed by atoms with E-state index in [9.17, 15) is 23.1 Å². The van der Waals surface area contributed by atoms with Crippen molar-refractivity contribution in [1.29, 1.82) is 0 Å². The fourth-order valence-electron chi connectivity index (χ4n) is 3.61. The van der Waals surface area contributed by atoms with Crippen molar-refractivity contribution in [2.24, 2.45) is 7.05 Å². The molecule has 0 saturated carbocycles. The first-order chi connectivity index (χ1) is 14.1. The number of nitrogens with one attached hydrogen (secondary N) is 1. The molecule has 3 heterocycles. The van der Waals surface area contributed by atoms with E-state index in [1.807, 2.05) is 7.05 Å². The Balaban J connectivity index is 1.72. The molecule has 1 saturated heterocycles. The number of halogens is 3. The van der Waals surface area contributed by atoms with Crippen LogP contribution in [-0.2, 0) is 13.2 Å². The largest absolute Gasteiger partial charge is 0.507 e. The molecule has 0 bridgehead atoms. The maximum atomic E-state index is 12.9. The zero-order chi connectivity index (χ0) is 21.6. The van der Waals surface area contributed by atoms with Gasteiger partial charge in [0, 0.05) is 19.6 Å². The highest BCUT2D eigenvalue weighted by Crippen LogP contribution is 2.36. The predicted molar refractivity (Wildman–Crippen MR) is 109 cm³/mol. The molecular formula is C19H20F3N5O2S. The normalized spacial score (nSPS) is 18.1. The van der Waals surface area contributed by atoms with Gasteiger partial charge in [-0.05, 0) is 44.6 Å². The van der Waals surface area contributed by atoms with Crippen molar-refractivity contribution >= 4 is 26.8 Å². The number of anilines is 1. The first-order valence-electron chi connectivity index (χ1n) is 9.36. The molecule has 11 heteroatoms. The summed E-state index contributed by atoms with van der Waals surface area (Å²) in [6, 6.07) is 2.79. The number of alkyl halides is 3. The van der Waals surface area contributed by atoms with Gasteiger partial charge in [-0.3, -0.25) is 9.36 Å². The van der Waals surface area contributed by atoms with Gasteiger partial charge >= 0.3 is 6.18 Å². The van der Waals surface area contributed by atoms with Gasteiger partial charge in [0.2, 0.25) is 0 Å². The Morgan fingerprint density at radius 2 is 2.03 bits per heavy atom. The van der Waals surface area contributed by atoms with Gasteiger partial charge in [-0.2, -0.15) is 18.2 Å². The van der Waals surface area contributed by atoms with E-state index in [0.29, 0.717) is 15.9 Å². The summed E-state index contributed by atoms with van der Waals surface area (Å²) in [6.45, 7) is 1.91. The predicted octanol–water partition coefficient (Wildman–Crippen LogP) is 3.29. The Kier molecular flexibility index (Phi) is 5.18. The van der Waals surface area contributed by atoms with Crippen LogP contribution in [0.15, 0.2) is 23.0 Å². The number of benzene rings is 1. The summed E-state index contributed by atoms with van der Waals surface area (Å²) in [6.07, 6.45) is -2.52. The molecule has 7 nitrogen and oxygen atoms in total. The third-order valence-electron chi connectivity index (χ3n) is 5.16. The number of nitrogens with zero attached hydrogens (tertiary/aromatic N) is 4. The van der Waals surface area contributed by atoms with Crippen molar-refractivity contribution in [1.82, 2.24) is 19.4 Å². The first kappa shape index (κ1) is 20.6. The Morgan fingerprint density at radius 3 is 2.70 bits per heavy atom. The number of rotatable bonds is 3. The van der Waals surface area contributed by atoms with Crippen molar-refractivity contribution in [2.75, 3.05) is 25.5 Å². The minimum absolute atomic E-state index is 0.0286. The van der Waals surface area contributed by atoms with E-state index in [-0.39, 0.29) is 28.6 Å². The number of aromatic hydroxyl groups is 1. The van der Waals surface area contributed by atoms with Gasteiger partial charge < -0.3 is 15.3 Å². The third-order valence-corrected chi connectivity index (χ3v) is 6.12. The van der Waals surface area contributed by atoms with Gasteiger partial charge in [-0.25, -0.2) is 4.98 Å². The van der Waals surface area contributed by atoms with Crippen molar-refractivity contribution in [3.05, 3.63) is 34.1 Å². The molecule has 3 aromatic rings. The molecule has 1 aliphatic rings. The number of piperidine rings is 1. The Morgan fingerprint density at radius 1 is 1.27 bits per heavy atom. The highest BCUT2D eigenvalue weighted by Gasteiger charge is 2.31. The van der Waals surface area contributed by atoms with E-state index in [1.165, 1.54) is 23.0 Å². The highest BCUT2D eigenvalue weighted by molar-refractivity contribution is 7.22. The topological polar surface area (TPSA) is 83.3 Å². The van der Waals surface area contributed by atoms with Gasteiger partial charge in [0.1, 0.15) is 16.3 Å². The third kappa shape index (κ3) is 3.86. The number of likely N-dealkylation sites (N-methyl/N-ethyl adjacent to an activating group) is 1. The van der Waals surface area contributed by atoms with Gasteiger partial charge in [-0.1, -0.05) is 11.3 Å². The van der Waals surface area contributed by atoms with Crippen LogP contribution in [0.4, 0.5) is 18.3 Å². The minimum atomic E-state index is -4.58. The number of likely N-dealkylation sites (tertiary alicyclic amines) is 1. The van der Waals surface area contributed by atoms with Crippen LogP contribution >= 0.6 is 11.3 Å². The lowest BCUT2D eigenvalue weighted by atomic mass is 10.1. The zero-order valence-corrected chi connectivity index (χ0v) is 17.1. The van der Waals surface area contributed by atoms with E-state index < -0.39 is 17.5 Å². The maximum absolute atomic E-state index is 12.9. The molecule has 0 aliphatic carbocycles. The molecule has 0 unspecified atom stereocenters. The van der Waals surface area contributed by atoms with Crippen LogP contribution in [-0.4, -0.2) is 50.7 Å². The summed E-state index contributed by atoms with van der Waals surface area (Å²) in [4.78, 5) is 23.8. The fourth-order valence-corrected chi connectivity index (χ4v) is 4.57. The van der Waals surface area contributed by atoms with Crippen LogP contribution in [0, 0.1) is 0 Å². The second-order valence-corrected chi connectivity index (χ2v) is 8.45. The summed E-state index contributed by atoms with van der Waals surface area (Å²) in [7, 11) is 3.51. The Labute approximate surface area is 173 Å². The van der Waals surface area contributed by atoms with E-state index in [4.69, 9.17) is 0 Å². The lowest BCUT2D eigenvalue weighted by Gasteiger charge is -2.29. The molecule has 2 aromatic heterocycles. The number of hydrogen-bond acceptors (Lipinski definition) is 7. The Hall–Kier alpha value is -2.66. The number of hydrogen-bond donors (Lipinski definition) is 2. The van der Waals surface area contributed by atoms with Crippen LogP contribution in [0.3, 0.4) is 0 Å². The van der Waals surface area contributed by atoms with Gasteiger partial charge in [0.25, 0.3) is 5.56 Å². The first-order valence-corrected chi connectivity index (χ1v) is 10.2. The lowest BCUT2D eigenvalue weighted by molar-refractivity contribution is -0.137. The SMILES string of the molecule is CN1CCC[C@@H](Nc2nc3nc(-c4ccc(C(F)(F)F)cc4O)n(C)c(=O)c3s2)C1. The van der Waals surface area contributed by atoms with Crippen molar-refractivity contribution in [2.45, 2.75) is 25.1 Å². The molecule has 0 radical (unpaired) electrons. The lowest BCUT2D eigenvalue weighted by Crippen LogP contribution is -2.39. The number of phenolic OH excluding ortho intramolecular Hbond substituents is 1. The van der Waals surface area contributed by atoms with Crippen molar-refractivity contribution in [3.8, 4) is 17.1 Å². The van der Waals surface area contributed by atoms with Crippen LogP contribution < -0.4 is 10.9 Å². The summed E-state index contributed by atoms with van der Waals surface area (Å²) in [5, 5.41) is 14.1. The van der Waals surface area contributed by atoms with E-state index >= 15 is 0 Å². The molecule has 1 fully saturated rings. The van der Waals surface area contributed by atoms with Crippen LogP contribution in [0.25, 0.3) is 21.7 Å². The Bertz CT molecular complexity index is 1160. The molecule has 0 amide bonds. The number of fused-ring (bicyclic) bond motifs is 1. The molecule has 4 rings (SSSR count). The monoisotopic (exact) mass is 439 g/mol. The summed E-state index contributed by atoms with van der Waals surface area (Å²) < 4.78 is 40.2. The molecular weight excluding hydrogens is 419 g/mol. The molecule has 0 spiro atoms. The molecule has 1 aromatic carbocycles. The summed E-state index contributed by atoms with van der Waals surface area (Å²) in [5.74, 6) is -0.557. The average Bonchev–Trinajstić information content (AvgIpc) is 3.07.